The first-order valence-corrected chi connectivity index (χ1v) is 11.5. The van der Waals surface area contributed by atoms with Crippen LogP contribution in [-0.4, -0.2) is 69.2 Å². The second-order valence-corrected chi connectivity index (χ2v) is 8.83. The van der Waals surface area contributed by atoms with Gasteiger partial charge in [-0.1, -0.05) is 23.7 Å². The molecule has 0 saturated carbocycles. The molecule has 9 heteroatoms. The van der Waals surface area contributed by atoms with Crippen molar-refractivity contribution in [1.29, 1.82) is 0 Å². The Balaban J connectivity index is 1.62. The lowest BCUT2D eigenvalue weighted by molar-refractivity contribution is -0.129. The van der Waals surface area contributed by atoms with E-state index in [0.29, 0.717) is 43.6 Å². The van der Waals surface area contributed by atoms with Crippen LogP contribution >= 0.6 is 11.6 Å². The Morgan fingerprint density at radius 3 is 2.62 bits per heavy atom. The van der Waals surface area contributed by atoms with E-state index in [1.54, 1.807) is 6.92 Å². The molecule has 0 N–H and O–H groups in total. The maximum atomic E-state index is 11.8. The fourth-order valence-corrected chi connectivity index (χ4v) is 4.78. The molecule has 0 spiro atoms. The molecule has 1 amide bonds. The largest absolute Gasteiger partial charge is 0.376 e. The SMILES string of the molecule is CC(=O)N1CCN(c2nc(C)nc3c2nc(-c2ccccc2Cl)n3CC2CCCO2)CC1. The average molecular weight is 455 g/mol. The standard InChI is InChI=1S/C23H27ClN6O2/c1-15-25-22(29-11-9-28(10-12-29)16(2)31)20-23(26-15)30(14-17-6-5-13-32-17)21(27-20)18-7-3-4-8-19(18)24/h3-4,7-8,17H,5-6,9-14H2,1-2H3. The Bertz CT molecular complexity index is 1150. The molecule has 1 aromatic carbocycles. The number of imidazole rings is 1. The smallest absolute Gasteiger partial charge is 0.219 e. The number of carbonyl (C=O) groups is 1. The summed E-state index contributed by atoms with van der Waals surface area (Å²) in [5, 5.41) is 0.651. The lowest BCUT2D eigenvalue weighted by Gasteiger charge is -2.34. The lowest BCUT2D eigenvalue weighted by atomic mass is 10.2. The molecule has 0 radical (unpaired) electrons. The fraction of sp³-hybridized carbons (Fsp3) is 0.478. The summed E-state index contributed by atoms with van der Waals surface area (Å²) in [4.78, 5) is 30.4. The normalized spacial score (nSPS) is 19.2. The van der Waals surface area contributed by atoms with Gasteiger partial charge in [-0.25, -0.2) is 15.0 Å². The molecule has 8 nitrogen and oxygen atoms in total. The van der Waals surface area contributed by atoms with Crippen LogP contribution in [0.25, 0.3) is 22.6 Å². The molecule has 2 aliphatic heterocycles. The number of amides is 1. The van der Waals surface area contributed by atoms with Crippen molar-refractivity contribution in [3.05, 3.63) is 35.1 Å². The van der Waals surface area contributed by atoms with Crippen molar-refractivity contribution in [3.8, 4) is 11.4 Å². The van der Waals surface area contributed by atoms with E-state index in [9.17, 15) is 4.79 Å². The van der Waals surface area contributed by atoms with Gasteiger partial charge in [0, 0.05) is 45.3 Å². The molecule has 5 rings (SSSR count). The molecule has 2 aromatic heterocycles. The molecule has 1 unspecified atom stereocenters. The average Bonchev–Trinajstić information content (AvgIpc) is 3.42. The zero-order valence-electron chi connectivity index (χ0n) is 18.4. The fourth-order valence-electron chi connectivity index (χ4n) is 4.56. The minimum absolute atomic E-state index is 0.107. The van der Waals surface area contributed by atoms with E-state index < -0.39 is 0 Å². The Hall–Kier alpha value is -2.71. The van der Waals surface area contributed by atoms with Gasteiger partial charge in [-0.15, -0.1) is 0 Å². The molecular weight excluding hydrogens is 428 g/mol. The Morgan fingerprint density at radius 2 is 1.94 bits per heavy atom. The molecule has 2 saturated heterocycles. The van der Waals surface area contributed by atoms with Crippen molar-refractivity contribution in [2.24, 2.45) is 0 Å². The molecule has 168 valence electrons. The van der Waals surface area contributed by atoms with Gasteiger partial charge in [0.1, 0.15) is 11.6 Å². The highest BCUT2D eigenvalue weighted by molar-refractivity contribution is 6.33. The molecule has 0 aliphatic carbocycles. The number of hydrogen-bond donors (Lipinski definition) is 0. The minimum Gasteiger partial charge on any atom is -0.376 e. The van der Waals surface area contributed by atoms with Crippen LogP contribution < -0.4 is 4.90 Å². The van der Waals surface area contributed by atoms with Crippen LogP contribution in [0.1, 0.15) is 25.6 Å². The van der Waals surface area contributed by atoms with Gasteiger partial charge in [-0.2, -0.15) is 0 Å². The number of rotatable bonds is 4. The quantitative estimate of drug-likeness (QED) is 0.602. The maximum absolute atomic E-state index is 11.8. The van der Waals surface area contributed by atoms with Gasteiger partial charge in [0.2, 0.25) is 5.91 Å². The van der Waals surface area contributed by atoms with E-state index >= 15 is 0 Å². The number of nitrogens with zero attached hydrogens (tertiary/aromatic N) is 6. The van der Waals surface area contributed by atoms with Gasteiger partial charge >= 0.3 is 0 Å². The predicted octanol–water partition coefficient (Wildman–Crippen LogP) is 3.30. The number of halogens is 1. The molecule has 0 bridgehead atoms. The molecule has 1 atom stereocenters. The van der Waals surface area contributed by atoms with Crippen LogP contribution in [0.3, 0.4) is 0 Å². The van der Waals surface area contributed by atoms with Crippen LogP contribution in [-0.2, 0) is 16.1 Å². The lowest BCUT2D eigenvalue weighted by Crippen LogP contribution is -2.48. The Kier molecular flexibility index (Phi) is 5.73. The highest BCUT2D eigenvalue weighted by Gasteiger charge is 2.27. The molecule has 2 aliphatic rings. The van der Waals surface area contributed by atoms with E-state index in [2.05, 4.69) is 9.47 Å². The molecular formula is C23H27ClN6O2. The van der Waals surface area contributed by atoms with Crippen molar-refractivity contribution in [3.63, 3.8) is 0 Å². The first-order valence-electron chi connectivity index (χ1n) is 11.1. The number of carbonyl (C=O) groups excluding carboxylic acids is 1. The van der Waals surface area contributed by atoms with Crippen LogP contribution in [0.4, 0.5) is 5.82 Å². The number of fused-ring (bicyclic) bond motifs is 1. The zero-order chi connectivity index (χ0) is 22.2. The predicted molar refractivity (Wildman–Crippen MR) is 124 cm³/mol. The summed E-state index contributed by atoms with van der Waals surface area (Å²) in [6.07, 6.45) is 2.22. The van der Waals surface area contributed by atoms with Gasteiger partial charge in [0.05, 0.1) is 17.7 Å². The van der Waals surface area contributed by atoms with Gasteiger partial charge < -0.3 is 19.1 Å². The molecule has 32 heavy (non-hydrogen) atoms. The first-order chi connectivity index (χ1) is 15.5. The van der Waals surface area contributed by atoms with E-state index in [1.165, 1.54) is 0 Å². The number of aromatic nitrogens is 4. The van der Waals surface area contributed by atoms with Crippen LogP contribution in [0, 0.1) is 6.92 Å². The second-order valence-electron chi connectivity index (χ2n) is 8.42. The molecule has 4 heterocycles. The number of hydrogen-bond acceptors (Lipinski definition) is 6. The monoisotopic (exact) mass is 454 g/mol. The van der Waals surface area contributed by atoms with Crippen molar-refractivity contribution in [2.75, 3.05) is 37.7 Å². The van der Waals surface area contributed by atoms with Crippen molar-refractivity contribution in [1.82, 2.24) is 24.4 Å². The third kappa shape index (κ3) is 3.93. The highest BCUT2D eigenvalue weighted by atomic mass is 35.5. The summed E-state index contributed by atoms with van der Waals surface area (Å²) >= 11 is 6.57. The summed E-state index contributed by atoms with van der Waals surface area (Å²) in [6.45, 7) is 7.76. The van der Waals surface area contributed by atoms with E-state index in [0.717, 1.165) is 47.8 Å². The third-order valence-electron chi connectivity index (χ3n) is 6.24. The van der Waals surface area contributed by atoms with Gasteiger partial charge in [-0.3, -0.25) is 4.79 Å². The third-order valence-corrected chi connectivity index (χ3v) is 6.57. The van der Waals surface area contributed by atoms with Crippen LogP contribution in [0.15, 0.2) is 24.3 Å². The summed E-state index contributed by atoms with van der Waals surface area (Å²) in [5.74, 6) is 2.40. The number of benzene rings is 1. The number of anilines is 1. The van der Waals surface area contributed by atoms with Crippen molar-refractivity contribution in [2.45, 2.75) is 39.3 Å². The highest BCUT2D eigenvalue weighted by Crippen LogP contribution is 2.34. The van der Waals surface area contributed by atoms with Crippen LogP contribution in [0.5, 0.6) is 0 Å². The molecule has 2 fully saturated rings. The van der Waals surface area contributed by atoms with Gasteiger partial charge in [0.25, 0.3) is 0 Å². The van der Waals surface area contributed by atoms with Crippen molar-refractivity contribution < 1.29 is 9.53 Å². The Labute approximate surface area is 192 Å². The van der Waals surface area contributed by atoms with E-state index in [4.69, 9.17) is 31.3 Å². The summed E-state index contributed by atoms with van der Waals surface area (Å²) in [6, 6.07) is 7.76. The Morgan fingerprint density at radius 1 is 1.16 bits per heavy atom. The summed E-state index contributed by atoms with van der Waals surface area (Å²) < 4.78 is 8.07. The zero-order valence-corrected chi connectivity index (χ0v) is 19.2. The van der Waals surface area contributed by atoms with Crippen LogP contribution in [0.2, 0.25) is 5.02 Å². The minimum atomic E-state index is 0.107. The number of ether oxygens (including phenoxy) is 1. The van der Waals surface area contributed by atoms with Gasteiger partial charge in [0.15, 0.2) is 17.0 Å². The van der Waals surface area contributed by atoms with E-state index in [-0.39, 0.29) is 12.0 Å². The maximum Gasteiger partial charge on any atom is 0.219 e. The number of piperazine rings is 1. The topological polar surface area (TPSA) is 76.4 Å². The molecule has 3 aromatic rings. The van der Waals surface area contributed by atoms with Crippen molar-refractivity contribution >= 4 is 34.5 Å². The second kappa shape index (κ2) is 8.67. The van der Waals surface area contributed by atoms with Gasteiger partial charge in [-0.05, 0) is 31.9 Å². The summed E-state index contributed by atoms with van der Waals surface area (Å²) in [5.41, 5.74) is 2.43. The van der Waals surface area contributed by atoms with E-state index in [1.807, 2.05) is 36.1 Å². The number of aryl methyl sites for hydroxylation is 1. The summed E-state index contributed by atoms with van der Waals surface area (Å²) in [7, 11) is 0. The first kappa shape index (κ1) is 21.2.